The van der Waals surface area contributed by atoms with Gasteiger partial charge in [0.25, 0.3) is 0 Å². The third-order valence-electron chi connectivity index (χ3n) is 19.5. The van der Waals surface area contributed by atoms with Gasteiger partial charge in [-0.05, 0) is 113 Å². The lowest BCUT2D eigenvalue weighted by molar-refractivity contribution is -0.205. The Morgan fingerprint density at radius 1 is 0.524 bits per heavy atom. The molecule has 26 nitrogen and oxygen atoms in total. The van der Waals surface area contributed by atoms with E-state index in [2.05, 4.69) is 21.3 Å². The van der Waals surface area contributed by atoms with Gasteiger partial charge in [-0.2, -0.15) is 13.2 Å². The SMILES string of the molecule is CC[C@H](C)[C@@H]1NC(=O)[C@H](CC(C)C)N(C)C(=O)[C@H](CCCC(O)C(F)(F)F)NC(=O)[C@H](Cc2ccccc2)N(C)C(=O)CN(C)C(=O)C[C@@H](C(=O)N2CCCCC2)NC(=O)[C@H](CC(C)C)N(C)C(=O)[C@H](COC(C)(C)C)NC(=O)[C@H](CC(C)C)N(C)C(=O)[C@H](Cc2ccccc2)N(C)C(=O)CN(C)C1=O. The van der Waals surface area contributed by atoms with Crippen molar-refractivity contribution >= 4 is 70.9 Å². The summed E-state index contributed by atoms with van der Waals surface area (Å²) >= 11 is 0. The van der Waals surface area contributed by atoms with Crippen molar-refractivity contribution in [1.82, 2.24) is 60.5 Å². The highest BCUT2D eigenvalue weighted by atomic mass is 19.4. The zero-order chi connectivity index (χ0) is 79.1. The first-order valence-electron chi connectivity index (χ1n) is 36.8. The molecule has 0 saturated carbocycles. The highest BCUT2D eigenvalue weighted by Gasteiger charge is 2.44. The fourth-order valence-corrected chi connectivity index (χ4v) is 12.7. The number of alkyl halides is 3. The number of carbonyl (C=O) groups excluding carboxylic acids is 12. The number of hydrogen-bond acceptors (Lipinski definition) is 14. The third kappa shape index (κ3) is 27.3. The molecule has 5 N–H and O–H groups in total. The van der Waals surface area contributed by atoms with Crippen LogP contribution in [-0.4, -0.2) is 270 Å². The molecule has 105 heavy (non-hydrogen) atoms. The molecule has 2 aliphatic heterocycles. The summed E-state index contributed by atoms with van der Waals surface area (Å²) in [5.41, 5.74) is 0.271. The second-order valence-corrected chi connectivity index (χ2v) is 30.7. The van der Waals surface area contributed by atoms with E-state index < -0.39 is 194 Å². The Kier molecular flexibility index (Phi) is 34.9. The van der Waals surface area contributed by atoms with E-state index >= 15 is 28.8 Å². The van der Waals surface area contributed by atoms with Gasteiger partial charge < -0.3 is 70.3 Å². The first-order valence-corrected chi connectivity index (χ1v) is 36.8. The van der Waals surface area contributed by atoms with E-state index in [-0.39, 0.29) is 49.9 Å². The number of aliphatic hydroxyl groups excluding tert-OH is 1. The van der Waals surface area contributed by atoms with Gasteiger partial charge in [-0.15, -0.1) is 0 Å². The van der Waals surface area contributed by atoms with Crippen LogP contribution in [0.5, 0.6) is 0 Å². The number of likely N-dealkylation sites (N-methyl/N-ethyl adjacent to an activating group) is 7. The summed E-state index contributed by atoms with van der Waals surface area (Å²) in [5, 5.41) is 21.2. The summed E-state index contributed by atoms with van der Waals surface area (Å²) in [7, 11) is 9.34. The lowest BCUT2D eigenvalue weighted by Crippen LogP contribution is -2.61. The standard InChI is InChI=1S/C76H119F3N12O14/c1-19-50(8)65-74(104)85(13)45-64(95)87(15)60(42-52-32-25-21-26-33-52)73(103)90(18)57(39-48(4)5)67(97)82-55(46-105-75(9,10)11)71(101)89(17)56(38-47(2)3)66(96)81-54(72(102)91-36-27-22-28-37-91)43-62(93)84(12)44-63(94)86(14)59(41-51-30-23-20-24-31-51)68(98)80-53(34-29-35-61(92)76(77,78)79)70(100)88(16)58(40-49(6)7)69(99)83-65/h20-21,23-26,30-33,47-50,53-61,65,92H,19,22,27-29,34-46H2,1-18H3,(H,80,98)(H,81,96)(H,82,97)(H,83,99)/t50-,53-,54-,55-,56-,57-,58-,59-,60-,61?,65-/m0/s1. The van der Waals surface area contributed by atoms with Crippen molar-refractivity contribution in [2.75, 3.05) is 82.1 Å². The average Bonchev–Trinajstić information content (AvgIpc) is 0.815. The lowest BCUT2D eigenvalue weighted by atomic mass is 9.95. The van der Waals surface area contributed by atoms with Gasteiger partial charge in [-0.25, -0.2) is 0 Å². The number of likely N-dealkylation sites (tertiary alicyclic amines) is 1. The molecule has 2 fully saturated rings. The van der Waals surface area contributed by atoms with Crippen molar-refractivity contribution in [1.29, 1.82) is 0 Å². The maximum absolute atomic E-state index is 15.4. The number of benzene rings is 2. The molecule has 1 unspecified atom stereocenters. The zero-order valence-corrected chi connectivity index (χ0v) is 65.1. The molecule has 0 spiro atoms. The van der Waals surface area contributed by atoms with E-state index in [4.69, 9.17) is 4.74 Å². The Hall–Kier alpha value is -8.21. The van der Waals surface area contributed by atoms with Gasteiger partial charge >= 0.3 is 6.18 Å². The lowest BCUT2D eigenvalue weighted by Gasteiger charge is -2.37. The van der Waals surface area contributed by atoms with Crippen molar-refractivity contribution in [3.8, 4) is 0 Å². The molecule has 4 rings (SSSR count). The van der Waals surface area contributed by atoms with Crippen LogP contribution in [0.2, 0.25) is 0 Å². The maximum atomic E-state index is 15.4. The van der Waals surface area contributed by atoms with E-state index in [1.54, 1.807) is 109 Å². The zero-order valence-electron chi connectivity index (χ0n) is 65.1. The summed E-state index contributed by atoms with van der Waals surface area (Å²) < 4.78 is 47.6. The van der Waals surface area contributed by atoms with Crippen molar-refractivity contribution < 1.29 is 80.5 Å². The maximum Gasteiger partial charge on any atom is 0.414 e. The molecule has 588 valence electrons. The van der Waals surface area contributed by atoms with Gasteiger partial charge in [-0.3, -0.25) is 57.5 Å². The Bertz CT molecular complexity index is 3240. The number of nitrogens with zero attached hydrogens (tertiary/aromatic N) is 8. The number of nitrogens with one attached hydrogen (secondary N) is 4. The number of rotatable bonds is 19. The van der Waals surface area contributed by atoms with Crippen LogP contribution in [0.25, 0.3) is 0 Å². The monoisotopic (exact) mass is 1480 g/mol. The summed E-state index contributed by atoms with van der Waals surface area (Å²) in [6.07, 6.45) is -8.30. The van der Waals surface area contributed by atoms with Crippen LogP contribution in [0.1, 0.15) is 158 Å². The van der Waals surface area contributed by atoms with Crippen LogP contribution in [0.3, 0.4) is 0 Å². The fraction of sp³-hybridized carbons (Fsp3) is 0.684. The molecular weight excluding hydrogens is 1360 g/mol. The van der Waals surface area contributed by atoms with E-state index in [1.807, 2.05) is 27.7 Å². The molecule has 2 aromatic carbocycles. The minimum atomic E-state index is -5.04. The number of ether oxygens (including phenoxy) is 1. The number of halogens is 3. The minimum absolute atomic E-state index is 0.0125. The molecule has 2 aliphatic rings. The second-order valence-electron chi connectivity index (χ2n) is 30.7. The first kappa shape index (κ1) is 89.2. The summed E-state index contributed by atoms with van der Waals surface area (Å²) in [6, 6.07) is 4.22. The topological polar surface area (TPSA) is 308 Å². The molecule has 2 heterocycles. The quantitative estimate of drug-likeness (QED) is 0.124. The molecule has 29 heteroatoms. The second kappa shape index (κ2) is 41.1. The predicted octanol–water partition coefficient (Wildman–Crippen LogP) is 4.97. The molecule has 2 saturated heterocycles. The molecule has 11 atom stereocenters. The predicted molar refractivity (Wildman–Crippen MR) is 391 cm³/mol. The number of aliphatic hydroxyl groups is 1. The Morgan fingerprint density at radius 3 is 1.41 bits per heavy atom. The molecule has 0 aliphatic carbocycles. The van der Waals surface area contributed by atoms with Crippen molar-refractivity contribution in [3.63, 3.8) is 0 Å². The molecule has 0 radical (unpaired) electrons. The minimum Gasteiger partial charge on any atom is -0.384 e. The normalized spacial score (nSPS) is 24.3. The number of hydrogen-bond donors (Lipinski definition) is 5. The molecule has 12 amide bonds. The summed E-state index contributed by atoms with van der Waals surface area (Å²) in [4.78, 5) is 189. The van der Waals surface area contributed by atoms with Crippen LogP contribution in [-0.2, 0) is 75.1 Å². The van der Waals surface area contributed by atoms with Crippen LogP contribution in [0.15, 0.2) is 60.7 Å². The Labute approximate surface area is 618 Å². The van der Waals surface area contributed by atoms with Gasteiger partial charge in [0.1, 0.15) is 60.5 Å². The van der Waals surface area contributed by atoms with Gasteiger partial charge in [0.2, 0.25) is 70.9 Å². The Morgan fingerprint density at radius 2 is 0.943 bits per heavy atom. The van der Waals surface area contributed by atoms with Gasteiger partial charge in [-0.1, -0.05) is 122 Å². The Balaban J connectivity index is 2.00. The number of amides is 12. The fourth-order valence-electron chi connectivity index (χ4n) is 12.7. The van der Waals surface area contributed by atoms with Crippen molar-refractivity contribution in [2.24, 2.45) is 23.7 Å². The number of carbonyl (C=O) groups is 12. The summed E-state index contributed by atoms with van der Waals surface area (Å²) in [6.45, 7) is 18.4. The van der Waals surface area contributed by atoms with Crippen LogP contribution < -0.4 is 21.3 Å². The molecule has 0 aromatic heterocycles. The van der Waals surface area contributed by atoms with E-state index in [9.17, 15) is 47.0 Å². The van der Waals surface area contributed by atoms with Gasteiger partial charge in [0, 0.05) is 75.3 Å². The molecule has 2 aromatic rings. The average molecular weight is 1480 g/mol. The van der Waals surface area contributed by atoms with Crippen molar-refractivity contribution in [2.45, 2.75) is 232 Å². The number of piperidine rings is 1. The third-order valence-corrected chi connectivity index (χ3v) is 19.5. The van der Waals surface area contributed by atoms with E-state index in [0.717, 1.165) is 30.9 Å². The molecular formula is C76H119F3N12O14. The van der Waals surface area contributed by atoms with Gasteiger partial charge in [0.05, 0.1) is 31.7 Å². The molecule has 0 bridgehead atoms. The largest absolute Gasteiger partial charge is 0.414 e. The van der Waals surface area contributed by atoms with Crippen LogP contribution >= 0.6 is 0 Å². The highest BCUT2D eigenvalue weighted by molar-refractivity contribution is 6.00. The van der Waals surface area contributed by atoms with Crippen LogP contribution in [0.4, 0.5) is 13.2 Å². The highest BCUT2D eigenvalue weighted by Crippen LogP contribution is 2.27. The van der Waals surface area contributed by atoms with E-state index in [1.165, 1.54) is 64.0 Å². The van der Waals surface area contributed by atoms with Gasteiger partial charge in [0.15, 0.2) is 0 Å². The van der Waals surface area contributed by atoms with Crippen molar-refractivity contribution in [3.05, 3.63) is 71.8 Å². The smallest absolute Gasteiger partial charge is 0.384 e. The van der Waals surface area contributed by atoms with E-state index in [0.29, 0.717) is 43.5 Å². The summed E-state index contributed by atoms with van der Waals surface area (Å²) in [5.74, 6) is -11.0. The van der Waals surface area contributed by atoms with Crippen LogP contribution in [0, 0.1) is 23.7 Å². The first-order chi connectivity index (χ1) is 49.0.